The molecule has 0 radical (unpaired) electrons. The lowest BCUT2D eigenvalue weighted by Gasteiger charge is -2.30. The number of hydrogen-bond acceptors (Lipinski definition) is 7. The van der Waals surface area contributed by atoms with Crippen LogP contribution in [0.4, 0.5) is 23.4 Å². The molecule has 1 fully saturated rings. The largest absolute Gasteiger partial charge is 0.467 e. The van der Waals surface area contributed by atoms with Gasteiger partial charge in [0.15, 0.2) is 12.6 Å². The fourth-order valence-electron chi connectivity index (χ4n) is 4.26. The molecule has 7 nitrogen and oxygen atoms in total. The lowest BCUT2D eigenvalue weighted by atomic mass is 9.92. The highest BCUT2D eigenvalue weighted by Gasteiger charge is 2.36. The lowest BCUT2D eigenvalue weighted by Crippen LogP contribution is -2.37. The van der Waals surface area contributed by atoms with Gasteiger partial charge < -0.3 is 24.6 Å². The van der Waals surface area contributed by atoms with Crippen molar-refractivity contribution < 1.29 is 36.9 Å². The van der Waals surface area contributed by atoms with Crippen molar-refractivity contribution in [3.63, 3.8) is 0 Å². The number of aliphatic hydroxyl groups excluding tert-OH is 1. The van der Waals surface area contributed by atoms with Gasteiger partial charge in [-0.15, -0.1) is 10.2 Å². The first kappa shape index (κ1) is 23.7. The van der Waals surface area contributed by atoms with E-state index in [-0.39, 0.29) is 36.4 Å². The van der Waals surface area contributed by atoms with Crippen molar-refractivity contribution in [2.75, 3.05) is 25.8 Å². The number of alkyl halides is 3. The van der Waals surface area contributed by atoms with Gasteiger partial charge >= 0.3 is 6.18 Å². The number of nitrogens with zero attached hydrogens (tertiary/aromatic N) is 2. The van der Waals surface area contributed by atoms with Crippen LogP contribution >= 0.6 is 0 Å². The van der Waals surface area contributed by atoms with Crippen LogP contribution in [0.3, 0.4) is 0 Å². The minimum Gasteiger partial charge on any atom is -0.467 e. The van der Waals surface area contributed by atoms with E-state index in [1.165, 1.54) is 7.11 Å². The van der Waals surface area contributed by atoms with Gasteiger partial charge in [-0.2, -0.15) is 13.2 Å². The van der Waals surface area contributed by atoms with E-state index in [2.05, 4.69) is 15.5 Å². The molecule has 4 rings (SSSR count). The molecule has 1 aliphatic heterocycles. The van der Waals surface area contributed by atoms with Crippen LogP contribution in [0.15, 0.2) is 12.1 Å². The summed E-state index contributed by atoms with van der Waals surface area (Å²) < 4.78 is 70.0. The van der Waals surface area contributed by atoms with E-state index in [9.17, 15) is 22.7 Å². The summed E-state index contributed by atoms with van der Waals surface area (Å²) in [7, 11) is 1.33. The summed E-state index contributed by atoms with van der Waals surface area (Å²) in [4.78, 5) is 0. The Kier molecular flexibility index (Phi) is 7.01. The molecule has 2 aromatic rings. The van der Waals surface area contributed by atoms with Crippen LogP contribution in [0.25, 0.3) is 11.3 Å². The first-order valence-electron chi connectivity index (χ1n) is 10.7. The lowest BCUT2D eigenvalue weighted by molar-refractivity contribution is -0.140. The van der Waals surface area contributed by atoms with E-state index in [1.54, 1.807) is 0 Å². The number of rotatable bonds is 6. The average Bonchev–Trinajstić information content (AvgIpc) is 2.79. The Labute approximate surface area is 188 Å². The number of methoxy groups -OCH3 is 1. The fourth-order valence-corrected chi connectivity index (χ4v) is 4.26. The van der Waals surface area contributed by atoms with Gasteiger partial charge in [-0.3, -0.25) is 0 Å². The van der Waals surface area contributed by atoms with E-state index < -0.39 is 23.7 Å². The molecular formula is C22H25F4N3O4. The van der Waals surface area contributed by atoms with Crippen LogP contribution in [0, 0.1) is 5.82 Å². The van der Waals surface area contributed by atoms with Crippen LogP contribution in [0.5, 0.6) is 5.75 Å². The van der Waals surface area contributed by atoms with E-state index in [1.807, 2.05) is 0 Å². The molecule has 180 valence electrons. The number of ether oxygens (including phenoxy) is 3. The van der Waals surface area contributed by atoms with Crippen molar-refractivity contribution in [2.45, 2.75) is 57.0 Å². The summed E-state index contributed by atoms with van der Waals surface area (Å²) >= 11 is 0. The van der Waals surface area contributed by atoms with Crippen LogP contribution in [0.1, 0.15) is 42.4 Å². The number of fused-ring (bicyclic) bond motifs is 1. The molecule has 2 heterocycles. The second-order valence-electron chi connectivity index (χ2n) is 8.14. The Balaban J connectivity index is 1.78. The number of aliphatic hydroxyl groups is 1. The second-order valence-corrected chi connectivity index (χ2v) is 8.14. The van der Waals surface area contributed by atoms with Gasteiger partial charge in [0.05, 0.1) is 30.9 Å². The Morgan fingerprint density at radius 2 is 1.97 bits per heavy atom. The molecule has 0 bridgehead atoms. The third kappa shape index (κ3) is 5.04. The van der Waals surface area contributed by atoms with Crippen molar-refractivity contribution in [3.8, 4) is 17.0 Å². The van der Waals surface area contributed by atoms with E-state index in [0.29, 0.717) is 42.5 Å². The molecule has 1 aromatic heterocycles. The van der Waals surface area contributed by atoms with Crippen molar-refractivity contribution >= 4 is 5.82 Å². The topological polar surface area (TPSA) is 85.7 Å². The molecule has 0 saturated heterocycles. The summed E-state index contributed by atoms with van der Waals surface area (Å²) in [6, 6.07) is 1.20. The maximum Gasteiger partial charge on any atom is 0.419 e. The SMILES string of the molecule is COCOc1cc(C(F)(F)F)c(F)cc1-c1nnc(N[C@@H]2CCCC[C@H]2O)c2c1CCOC2. The van der Waals surface area contributed by atoms with Gasteiger partial charge in [0.1, 0.15) is 17.3 Å². The highest BCUT2D eigenvalue weighted by atomic mass is 19.4. The normalized spacial score (nSPS) is 20.9. The maximum absolute atomic E-state index is 14.5. The van der Waals surface area contributed by atoms with Gasteiger partial charge in [-0.05, 0) is 37.0 Å². The zero-order valence-corrected chi connectivity index (χ0v) is 18.0. The zero-order valence-electron chi connectivity index (χ0n) is 18.0. The van der Waals surface area contributed by atoms with Crippen LogP contribution < -0.4 is 10.1 Å². The van der Waals surface area contributed by atoms with Gasteiger partial charge in [-0.1, -0.05) is 12.8 Å². The molecule has 11 heteroatoms. The second kappa shape index (κ2) is 9.78. The standard InChI is InChI=1S/C22H25F4N3O4/c1-31-11-33-19-9-15(22(24,25)26)16(23)8-13(19)20-12-6-7-32-10-14(12)21(29-28-20)27-17-4-2-3-5-18(17)30/h8-9,17-18,30H,2-7,10-11H2,1H3,(H,27,29)/t17-,18-/m1/s1. The van der Waals surface area contributed by atoms with Gasteiger partial charge in [0.25, 0.3) is 0 Å². The highest BCUT2D eigenvalue weighted by Crippen LogP contribution is 2.41. The number of halogens is 4. The first-order valence-corrected chi connectivity index (χ1v) is 10.7. The first-order chi connectivity index (χ1) is 15.8. The van der Waals surface area contributed by atoms with Crippen molar-refractivity contribution in [3.05, 3.63) is 34.6 Å². The Morgan fingerprint density at radius 3 is 2.70 bits per heavy atom. The van der Waals surface area contributed by atoms with E-state index in [0.717, 1.165) is 25.3 Å². The Bertz CT molecular complexity index is 1000. The summed E-state index contributed by atoms with van der Waals surface area (Å²) in [5, 5.41) is 22.0. The molecule has 2 N–H and O–H groups in total. The third-order valence-corrected chi connectivity index (χ3v) is 5.94. The van der Waals surface area contributed by atoms with Crippen molar-refractivity contribution in [2.24, 2.45) is 0 Å². The van der Waals surface area contributed by atoms with E-state index >= 15 is 0 Å². The van der Waals surface area contributed by atoms with Gasteiger partial charge in [0.2, 0.25) is 0 Å². The average molecular weight is 471 g/mol. The molecule has 1 aliphatic carbocycles. The van der Waals surface area contributed by atoms with Crippen LogP contribution in [-0.4, -0.2) is 48.0 Å². The number of hydrogen-bond donors (Lipinski definition) is 2. The van der Waals surface area contributed by atoms with Crippen molar-refractivity contribution in [1.29, 1.82) is 0 Å². The number of benzene rings is 1. The molecule has 1 saturated carbocycles. The summed E-state index contributed by atoms with van der Waals surface area (Å²) in [6.07, 6.45) is -1.60. The predicted molar refractivity (Wildman–Crippen MR) is 110 cm³/mol. The molecule has 2 aliphatic rings. The molecule has 0 spiro atoms. The van der Waals surface area contributed by atoms with Crippen LogP contribution in [-0.2, 0) is 28.7 Å². The molecule has 2 atom stereocenters. The number of nitrogens with one attached hydrogen (secondary N) is 1. The molecule has 1 aromatic carbocycles. The smallest absolute Gasteiger partial charge is 0.419 e. The Morgan fingerprint density at radius 1 is 1.18 bits per heavy atom. The van der Waals surface area contributed by atoms with Crippen LogP contribution in [0.2, 0.25) is 0 Å². The Hall–Kier alpha value is -2.50. The highest BCUT2D eigenvalue weighted by molar-refractivity contribution is 5.73. The van der Waals surface area contributed by atoms with E-state index in [4.69, 9.17) is 14.2 Å². The minimum atomic E-state index is -4.89. The summed E-state index contributed by atoms with van der Waals surface area (Å²) in [5.74, 6) is -1.19. The quantitative estimate of drug-likeness (QED) is 0.485. The molecule has 0 amide bonds. The van der Waals surface area contributed by atoms with Gasteiger partial charge in [-0.25, -0.2) is 4.39 Å². The predicted octanol–water partition coefficient (Wildman–Crippen LogP) is 4.07. The molecule has 33 heavy (non-hydrogen) atoms. The summed E-state index contributed by atoms with van der Waals surface area (Å²) in [5.41, 5.74) is 0.203. The van der Waals surface area contributed by atoms with Gasteiger partial charge in [0, 0.05) is 18.2 Å². The van der Waals surface area contributed by atoms with Crippen molar-refractivity contribution in [1.82, 2.24) is 10.2 Å². The molecular weight excluding hydrogens is 446 g/mol. The third-order valence-electron chi connectivity index (χ3n) is 5.94. The zero-order chi connectivity index (χ0) is 23.6. The molecule has 0 unspecified atom stereocenters. The number of anilines is 1. The summed E-state index contributed by atoms with van der Waals surface area (Å²) in [6.45, 7) is 0.253. The minimum absolute atomic E-state index is 0.0486. The monoisotopic (exact) mass is 471 g/mol. The maximum atomic E-state index is 14.5. The fraction of sp³-hybridized carbons (Fsp3) is 0.545. The number of aromatic nitrogens is 2.